The Bertz CT molecular complexity index is 571. The van der Waals surface area contributed by atoms with Crippen molar-refractivity contribution in [1.82, 2.24) is 20.0 Å². The molecular formula is C15H22N4O3. The molecule has 3 heterocycles. The number of nitrogens with zero attached hydrogens (tertiary/aromatic N) is 3. The summed E-state index contributed by atoms with van der Waals surface area (Å²) in [5.41, 5.74) is 0.277. The molecule has 0 aromatic carbocycles. The predicted molar refractivity (Wildman–Crippen MR) is 79.6 cm³/mol. The van der Waals surface area contributed by atoms with Gasteiger partial charge in [-0.2, -0.15) is 5.10 Å². The summed E-state index contributed by atoms with van der Waals surface area (Å²) in [4.78, 5) is 25.6. The summed E-state index contributed by atoms with van der Waals surface area (Å²) < 4.78 is 1.30. The number of amides is 1. The highest BCUT2D eigenvalue weighted by Gasteiger charge is 2.39. The summed E-state index contributed by atoms with van der Waals surface area (Å²) >= 11 is 0. The fraction of sp³-hybridized carbons (Fsp3) is 0.667. The molecule has 0 aliphatic carbocycles. The first kappa shape index (κ1) is 15.0. The molecule has 0 radical (unpaired) electrons. The van der Waals surface area contributed by atoms with Gasteiger partial charge >= 0.3 is 5.97 Å². The monoisotopic (exact) mass is 306 g/mol. The number of nitrogens with one attached hydrogen (secondary N) is 1. The van der Waals surface area contributed by atoms with Crippen LogP contribution in [-0.4, -0.2) is 56.8 Å². The highest BCUT2D eigenvalue weighted by molar-refractivity contribution is 5.92. The number of aromatic nitrogens is 2. The summed E-state index contributed by atoms with van der Waals surface area (Å²) in [6.07, 6.45) is 5.90. The lowest BCUT2D eigenvalue weighted by Crippen LogP contribution is -2.48. The van der Waals surface area contributed by atoms with Crippen LogP contribution in [0.3, 0.4) is 0 Å². The third-order valence-corrected chi connectivity index (χ3v) is 5.03. The van der Waals surface area contributed by atoms with Crippen molar-refractivity contribution in [2.75, 3.05) is 7.05 Å². The van der Waals surface area contributed by atoms with Gasteiger partial charge in [0.1, 0.15) is 11.7 Å². The van der Waals surface area contributed by atoms with Crippen molar-refractivity contribution in [2.24, 2.45) is 0 Å². The number of piperidine rings is 1. The predicted octanol–water partition coefficient (Wildman–Crippen LogP) is 0.884. The first-order valence-electron chi connectivity index (χ1n) is 7.76. The largest absolute Gasteiger partial charge is 0.480 e. The van der Waals surface area contributed by atoms with E-state index in [2.05, 4.69) is 22.4 Å². The SMILES string of the molecule is CC(C(=O)O)n1ccc(C(=O)NC2CC3CCC(C2)N3C)n1. The molecule has 2 aliphatic rings. The van der Waals surface area contributed by atoms with Gasteiger partial charge in [0.15, 0.2) is 0 Å². The van der Waals surface area contributed by atoms with E-state index in [1.54, 1.807) is 6.07 Å². The van der Waals surface area contributed by atoms with E-state index in [0.29, 0.717) is 12.1 Å². The van der Waals surface area contributed by atoms with E-state index >= 15 is 0 Å². The normalized spacial score (nSPS) is 29.3. The van der Waals surface area contributed by atoms with Crippen LogP contribution in [0.15, 0.2) is 12.3 Å². The zero-order valence-electron chi connectivity index (χ0n) is 12.9. The minimum absolute atomic E-state index is 0.184. The minimum Gasteiger partial charge on any atom is -0.480 e. The van der Waals surface area contributed by atoms with Crippen molar-refractivity contribution in [1.29, 1.82) is 0 Å². The molecule has 2 saturated heterocycles. The minimum atomic E-state index is -0.970. The molecule has 0 spiro atoms. The van der Waals surface area contributed by atoms with Gasteiger partial charge < -0.3 is 15.3 Å². The molecule has 7 heteroatoms. The van der Waals surface area contributed by atoms with Crippen LogP contribution in [0.5, 0.6) is 0 Å². The van der Waals surface area contributed by atoms with Gasteiger partial charge in [0.05, 0.1) is 0 Å². The van der Waals surface area contributed by atoms with Crippen molar-refractivity contribution < 1.29 is 14.7 Å². The van der Waals surface area contributed by atoms with Gasteiger partial charge in [0, 0.05) is 24.3 Å². The number of rotatable bonds is 4. The Hall–Kier alpha value is -1.89. The molecule has 22 heavy (non-hydrogen) atoms. The second-order valence-electron chi connectivity index (χ2n) is 6.39. The molecule has 3 atom stereocenters. The molecule has 120 valence electrons. The molecule has 3 unspecified atom stereocenters. The van der Waals surface area contributed by atoms with Crippen LogP contribution in [0, 0.1) is 0 Å². The fourth-order valence-corrected chi connectivity index (χ4v) is 3.58. The number of hydrogen-bond acceptors (Lipinski definition) is 4. The van der Waals surface area contributed by atoms with Gasteiger partial charge in [-0.3, -0.25) is 9.48 Å². The number of aliphatic carboxylic acids is 1. The maximum absolute atomic E-state index is 12.3. The van der Waals surface area contributed by atoms with Crippen LogP contribution in [-0.2, 0) is 4.79 Å². The Balaban J connectivity index is 1.62. The van der Waals surface area contributed by atoms with E-state index in [-0.39, 0.29) is 17.6 Å². The molecule has 2 bridgehead atoms. The van der Waals surface area contributed by atoms with E-state index in [9.17, 15) is 9.59 Å². The van der Waals surface area contributed by atoms with Crippen LogP contribution in [0.4, 0.5) is 0 Å². The van der Waals surface area contributed by atoms with Crippen LogP contribution < -0.4 is 5.32 Å². The number of hydrogen-bond donors (Lipinski definition) is 2. The summed E-state index contributed by atoms with van der Waals surface area (Å²) in [6, 6.07) is 2.10. The number of fused-ring (bicyclic) bond motifs is 2. The van der Waals surface area contributed by atoms with Crippen LogP contribution >= 0.6 is 0 Å². The van der Waals surface area contributed by atoms with Crippen molar-refractivity contribution in [3.8, 4) is 0 Å². The third kappa shape index (κ3) is 2.72. The number of carbonyl (C=O) groups excluding carboxylic acids is 1. The van der Waals surface area contributed by atoms with E-state index in [1.165, 1.54) is 30.6 Å². The summed E-state index contributed by atoms with van der Waals surface area (Å²) in [6.45, 7) is 1.53. The van der Waals surface area contributed by atoms with Crippen LogP contribution in [0.25, 0.3) is 0 Å². The van der Waals surface area contributed by atoms with Gasteiger partial charge in [-0.1, -0.05) is 0 Å². The lowest BCUT2D eigenvalue weighted by atomic mass is 9.98. The molecular weight excluding hydrogens is 284 g/mol. The molecule has 0 saturated carbocycles. The third-order valence-electron chi connectivity index (χ3n) is 5.03. The molecule has 3 rings (SSSR count). The Morgan fingerprint density at radius 2 is 2.00 bits per heavy atom. The highest BCUT2D eigenvalue weighted by atomic mass is 16.4. The quantitative estimate of drug-likeness (QED) is 0.862. The molecule has 2 aliphatic heterocycles. The Morgan fingerprint density at radius 3 is 2.59 bits per heavy atom. The van der Waals surface area contributed by atoms with Crippen molar-refractivity contribution in [2.45, 2.75) is 56.8 Å². The van der Waals surface area contributed by atoms with Gasteiger partial charge in [-0.05, 0) is 45.7 Å². The average Bonchev–Trinajstić information content (AvgIpc) is 3.02. The van der Waals surface area contributed by atoms with Crippen LogP contribution in [0.2, 0.25) is 0 Å². The topological polar surface area (TPSA) is 87.5 Å². The maximum Gasteiger partial charge on any atom is 0.328 e. The van der Waals surface area contributed by atoms with Crippen LogP contribution in [0.1, 0.15) is 49.1 Å². The van der Waals surface area contributed by atoms with Gasteiger partial charge in [0.2, 0.25) is 0 Å². The molecule has 1 aromatic rings. The van der Waals surface area contributed by atoms with E-state index in [1.807, 2.05) is 0 Å². The van der Waals surface area contributed by atoms with E-state index < -0.39 is 12.0 Å². The number of carbonyl (C=O) groups is 2. The number of carboxylic acid groups (broad SMARTS) is 1. The fourth-order valence-electron chi connectivity index (χ4n) is 3.58. The lowest BCUT2D eigenvalue weighted by Gasteiger charge is -2.36. The summed E-state index contributed by atoms with van der Waals surface area (Å²) in [7, 11) is 2.16. The molecule has 1 aromatic heterocycles. The average molecular weight is 306 g/mol. The molecule has 7 nitrogen and oxygen atoms in total. The standard InChI is InChI=1S/C15H22N4O3/c1-9(15(21)22)19-6-5-13(17-19)14(20)16-10-7-11-3-4-12(8-10)18(11)2/h5-6,9-12H,3-4,7-8H2,1-2H3,(H,16,20)(H,21,22). The lowest BCUT2D eigenvalue weighted by molar-refractivity contribution is -0.140. The molecule has 1 amide bonds. The van der Waals surface area contributed by atoms with Crippen molar-refractivity contribution in [3.63, 3.8) is 0 Å². The second kappa shape index (κ2) is 5.72. The van der Waals surface area contributed by atoms with E-state index in [4.69, 9.17) is 5.11 Å². The van der Waals surface area contributed by atoms with Gasteiger partial charge in [-0.15, -0.1) is 0 Å². The highest BCUT2D eigenvalue weighted by Crippen LogP contribution is 2.34. The number of carboxylic acids is 1. The molecule has 2 N–H and O–H groups in total. The zero-order chi connectivity index (χ0) is 15.9. The smallest absolute Gasteiger partial charge is 0.328 e. The van der Waals surface area contributed by atoms with E-state index in [0.717, 1.165) is 12.8 Å². The molecule has 2 fully saturated rings. The van der Waals surface area contributed by atoms with Gasteiger partial charge in [-0.25, -0.2) is 4.79 Å². The Labute approximate surface area is 129 Å². The Morgan fingerprint density at radius 1 is 1.36 bits per heavy atom. The second-order valence-corrected chi connectivity index (χ2v) is 6.39. The summed E-state index contributed by atoms with van der Waals surface area (Å²) in [5, 5.41) is 16.1. The maximum atomic E-state index is 12.3. The van der Waals surface area contributed by atoms with Crippen molar-refractivity contribution in [3.05, 3.63) is 18.0 Å². The van der Waals surface area contributed by atoms with Crippen molar-refractivity contribution >= 4 is 11.9 Å². The first-order valence-corrected chi connectivity index (χ1v) is 7.76. The first-order chi connectivity index (χ1) is 10.5. The zero-order valence-corrected chi connectivity index (χ0v) is 12.9. The van der Waals surface area contributed by atoms with Gasteiger partial charge in [0.25, 0.3) is 5.91 Å². The Kier molecular flexibility index (Phi) is 3.90. The summed E-state index contributed by atoms with van der Waals surface area (Å²) in [5.74, 6) is -1.19.